The quantitative estimate of drug-likeness (QED) is 0.0817. The van der Waals surface area contributed by atoms with E-state index in [4.69, 9.17) is 29.9 Å². The van der Waals surface area contributed by atoms with E-state index in [2.05, 4.69) is 36.9 Å². The number of amides is 2. The number of aromatic amines is 2. The standard InChI is InChI=1S/C48H56FN9O6/c1-25(2)41(50)45(59)56-15-7-9-37(56)43-51-23-34(53-43)27-12-14-36-29(17-27)20-39-33-13-11-28(21-40(33)64-47(58(36)39)30-18-31(49)22-32(19-30)62-5)35-24-52-44(54-35)38-10-8-16-57(38)46(60)42(26(3)4)55-48(61)63-6/h11-14,17-26,37-38,41-42,45,47,59H,7-10,15-16,50H2,1-6H3,(H,51,53)(H,52,54)(H,55,61). The van der Waals surface area contributed by atoms with Gasteiger partial charge in [-0.05, 0) is 80.0 Å². The number of H-pyrrole nitrogens is 2. The van der Waals surface area contributed by atoms with E-state index < -0.39 is 30.4 Å². The fraction of sp³-hybridized carbons (Fsp3) is 0.417. The van der Waals surface area contributed by atoms with Gasteiger partial charge in [0.15, 0.2) is 0 Å². The molecule has 2 amide bonds. The van der Waals surface area contributed by atoms with Crippen LogP contribution in [0, 0.1) is 17.7 Å². The molecule has 6 unspecified atom stereocenters. The first-order valence-electron chi connectivity index (χ1n) is 22.1. The molecule has 0 saturated carbocycles. The number of hydrogen-bond donors (Lipinski definition) is 5. The SMILES string of the molecule is COC(=O)NC(C(=O)N1CCCC1c1ncc(-c2ccc3c(c2)OC(c2cc(F)cc(OC)c2)n2c-3cc3cc(-c4cnc(C5CCCN5C(O)C(N)C(C)C)[nH]4)ccc32)[nH]1)C(C)C. The number of aromatic nitrogens is 5. The number of likely N-dealkylation sites (tertiary alicyclic amines) is 2. The predicted molar refractivity (Wildman–Crippen MR) is 240 cm³/mol. The summed E-state index contributed by atoms with van der Waals surface area (Å²) in [6, 6.07) is 17.4. The van der Waals surface area contributed by atoms with E-state index in [-0.39, 0.29) is 35.9 Å². The molecule has 3 aromatic heterocycles. The smallest absolute Gasteiger partial charge is 0.407 e. The first-order valence-corrected chi connectivity index (χ1v) is 22.1. The van der Waals surface area contributed by atoms with Gasteiger partial charge in [-0.2, -0.15) is 0 Å². The summed E-state index contributed by atoms with van der Waals surface area (Å²) in [5, 5.41) is 14.8. The summed E-state index contributed by atoms with van der Waals surface area (Å²) >= 11 is 0. The largest absolute Gasteiger partial charge is 0.497 e. The Morgan fingerprint density at radius 2 is 1.58 bits per heavy atom. The van der Waals surface area contributed by atoms with Gasteiger partial charge in [0, 0.05) is 52.8 Å². The lowest BCUT2D eigenvalue weighted by Gasteiger charge is -2.33. The summed E-state index contributed by atoms with van der Waals surface area (Å²) in [4.78, 5) is 46.3. The third kappa shape index (κ3) is 7.87. The summed E-state index contributed by atoms with van der Waals surface area (Å²) in [6.07, 6.45) is 4.76. The van der Waals surface area contributed by atoms with E-state index >= 15 is 4.39 Å². The van der Waals surface area contributed by atoms with Crippen molar-refractivity contribution in [1.29, 1.82) is 0 Å². The molecule has 15 nitrogen and oxygen atoms in total. The van der Waals surface area contributed by atoms with E-state index in [1.54, 1.807) is 17.2 Å². The van der Waals surface area contributed by atoms with E-state index in [9.17, 15) is 14.7 Å². The molecule has 16 heteroatoms. The van der Waals surface area contributed by atoms with Crippen LogP contribution >= 0.6 is 0 Å². The molecule has 6 heterocycles. The highest BCUT2D eigenvalue weighted by Gasteiger charge is 2.39. The van der Waals surface area contributed by atoms with Crippen LogP contribution in [0.3, 0.4) is 0 Å². The number of carbonyl (C=O) groups excluding carboxylic acids is 2. The lowest BCUT2D eigenvalue weighted by atomic mass is 10.0. The number of carbonyl (C=O) groups is 2. The maximum atomic E-state index is 15.2. The van der Waals surface area contributed by atoms with Gasteiger partial charge in [0.25, 0.3) is 0 Å². The Hall–Kier alpha value is -6.23. The third-order valence-electron chi connectivity index (χ3n) is 13.1. The second-order valence-corrected chi connectivity index (χ2v) is 17.8. The summed E-state index contributed by atoms with van der Waals surface area (Å²) in [7, 11) is 2.79. The van der Waals surface area contributed by atoms with Crippen LogP contribution in [0.1, 0.15) is 88.9 Å². The third-order valence-corrected chi connectivity index (χ3v) is 13.1. The number of nitrogens with one attached hydrogen (secondary N) is 3. The van der Waals surface area contributed by atoms with Crippen LogP contribution in [-0.4, -0.2) is 97.0 Å². The molecule has 336 valence electrons. The maximum Gasteiger partial charge on any atom is 0.407 e. The molecule has 3 aliphatic rings. The zero-order valence-corrected chi connectivity index (χ0v) is 37.0. The first-order chi connectivity index (χ1) is 30.8. The Balaban J connectivity index is 1.04. The number of imidazole rings is 2. The Morgan fingerprint density at radius 3 is 2.28 bits per heavy atom. The van der Waals surface area contributed by atoms with Crippen molar-refractivity contribution in [3.8, 4) is 45.3 Å². The Bertz CT molecular complexity index is 2690. The van der Waals surface area contributed by atoms with Gasteiger partial charge in [-0.25, -0.2) is 19.2 Å². The number of hydrogen-bond acceptors (Lipinski definition) is 10. The second-order valence-electron chi connectivity index (χ2n) is 17.8. The Morgan fingerprint density at radius 1 is 0.891 bits per heavy atom. The highest BCUT2D eigenvalue weighted by atomic mass is 19.1. The molecule has 0 spiro atoms. The van der Waals surface area contributed by atoms with Crippen molar-refractivity contribution in [1.82, 2.24) is 39.6 Å². The van der Waals surface area contributed by atoms with Gasteiger partial charge in [-0.15, -0.1) is 0 Å². The number of fused-ring (bicyclic) bond motifs is 5. The summed E-state index contributed by atoms with van der Waals surface area (Å²) < 4.78 is 34.4. The predicted octanol–water partition coefficient (Wildman–Crippen LogP) is 7.66. The van der Waals surface area contributed by atoms with E-state index in [0.717, 1.165) is 82.7 Å². The molecular formula is C48H56FN9O6. The normalized spacial score (nSPS) is 20.0. The van der Waals surface area contributed by atoms with Crippen molar-refractivity contribution in [2.75, 3.05) is 27.3 Å². The van der Waals surface area contributed by atoms with Gasteiger partial charge in [0.05, 0.1) is 61.3 Å². The molecule has 9 rings (SSSR count). The zero-order chi connectivity index (χ0) is 45.0. The highest BCUT2D eigenvalue weighted by molar-refractivity contribution is 5.92. The van der Waals surface area contributed by atoms with Crippen molar-refractivity contribution in [3.63, 3.8) is 0 Å². The fourth-order valence-electron chi connectivity index (χ4n) is 9.56. The highest BCUT2D eigenvalue weighted by Crippen LogP contribution is 2.47. The molecule has 64 heavy (non-hydrogen) atoms. The molecule has 2 saturated heterocycles. The van der Waals surface area contributed by atoms with Gasteiger partial charge < -0.3 is 49.8 Å². The van der Waals surface area contributed by atoms with Crippen molar-refractivity contribution >= 4 is 22.9 Å². The number of aliphatic hydroxyl groups is 1. The molecular weight excluding hydrogens is 818 g/mol. The fourth-order valence-corrected chi connectivity index (χ4v) is 9.56. The zero-order valence-electron chi connectivity index (χ0n) is 37.0. The van der Waals surface area contributed by atoms with E-state index in [0.29, 0.717) is 29.4 Å². The molecule has 0 radical (unpaired) electrons. The van der Waals surface area contributed by atoms with Crippen LogP contribution in [0.4, 0.5) is 9.18 Å². The van der Waals surface area contributed by atoms with Crippen LogP contribution in [0.25, 0.3) is 44.7 Å². The first kappa shape index (κ1) is 43.0. The minimum absolute atomic E-state index is 0.0732. The minimum atomic E-state index is -0.767. The number of aliphatic hydroxyl groups excluding tert-OH is 1. The molecule has 6 N–H and O–H groups in total. The Kier molecular flexibility index (Phi) is 11.7. The van der Waals surface area contributed by atoms with Crippen molar-refractivity contribution in [2.24, 2.45) is 17.6 Å². The number of ether oxygens (including phenoxy) is 3. The molecule has 3 aliphatic heterocycles. The number of rotatable bonds is 12. The number of halogens is 1. The van der Waals surface area contributed by atoms with Crippen molar-refractivity contribution in [3.05, 3.63) is 96.1 Å². The number of nitrogens with zero attached hydrogens (tertiary/aromatic N) is 5. The molecule has 6 atom stereocenters. The van der Waals surface area contributed by atoms with Gasteiger partial charge >= 0.3 is 6.09 Å². The Labute approximate surface area is 371 Å². The molecule has 0 aliphatic carbocycles. The average Bonchev–Trinajstić information content (AvgIpc) is 4.15. The topological polar surface area (TPSA) is 189 Å². The molecule has 6 aromatic rings. The summed E-state index contributed by atoms with van der Waals surface area (Å²) in [6.45, 7) is 9.10. The summed E-state index contributed by atoms with van der Waals surface area (Å²) in [5.41, 5.74) is 12.9. The van der Waals surface area contributed by atoms with Crippen LogP contribution in [0.2, 0.25) is 0 Å². The van der Waals surface area contributed by atoms with Crippen LogP contribution in [0.5, 0.6) is 11.5 Å². The number of alkyl carbamates (subject to hydrolysis) is 1. The van der Waals surface area contributed by atoms with Gasteiger partial charge in [-0.1, -0.05) is 39.8 Å². The molecule has 3 aromatic carbocycles. The lowest BCUT2D eigenvalue weighted by Crippen LogP contribution is -2.51. The molecule has 2 fully saturated rings. The van der Waals surface area contributed by atoms with Crippen molar-refractivity contribution < 1.29 is 33.3 Å². The minimum Gasteiger partial charge on any atom is -0.497 e. The van der Waals surface area contributed by atoms with Crippen LogP contribution in [0.15, 0.2) is 73.1 Å². The second kappa shape index (κ2) is 17.4. The number of methoxy groups -OCH3 is 2. The van der Waals surface area contributed by atoms with Gasteiger partial charge in [0.2, 0.25) is 12.1 Å². The summed E-state index contributed by atoms with van der Waals surface area (Å²) in [5.74, 6) is 1.77. The van der Waals surface area contributed by atoms with E-state index in [1.807, 2.05) is 64.2 Å². The molecule has 0 bridgehead atoms. The number of benzene rings is 3. The van der Waals surface area contributed by atoms with Crippen LogP contribution < -0.4 is 20.5 Å². The average molecular weight is 874 g/mol. The lowest BCUT2D eigenvalue weighted by molar-refractivity contribution is -0.135. The van der Waals surface area contributed by atoms with Crippen LogP contribution in [-0.2, 0) is 9.53 Å². The van der Waals surface area contributed by atoms with Crippen molar-refractivity contribution in [2.45, 2.75) is 90.0 Å². The van der Waals surface area contributed by atoms with Gasteiger partial charge in [0.1, 0.15) is 41.2 Å². The maximum absolute atomic E-state index is 15.2. The van der Waals surface area contributed by atoms with Gasteiger partial charge in [-0.3, -0.25) is 9.69 Å². The number of nitrogens with two attached hydrogens (primary N) is 1. The van der Waals surface area contributed by atoms with E-state index in [1.165, 1.54) is 26.4 Å². The monoisotopic (exact) mass is 873 g/mol.